The molecule has 0 unspecified atom stereocenters. The summed E-state index contributed by atoms with van der Waals surface area (Å²) in [5.41, 5.74) is 3.72. The molecule has 8 heteroatoms. The van der Waals surface area contributed by atoms with E-state index in [1.54, 1.807) is 6.20 Å². The lowest BCUT2D eigenvalue weighted by Crippen LogP contribution is -2.39. The quantitative estimate of drug-likeness (QED) is 0.509. The fourth-order valence-electron chi connectivity index (χ4n) is 2.79. The predicted molar refractivity (Wildman–Crippen MR) is 116 cm³/mol. The van der Waals surface area contributed by atoms with Crippen LogP contribution in [-0.4, -0.2) is 28.3 Å². The Balaban J connectivity index is 1.43. The van der Waals surface area contributed by atoms with Gasteiger partial charge in [-0.3, -0.25) is 9.48 Å². The number of nitrogens with zero attached hydrogens (tertiary/aromatic N) is 2. The number of urea groups is 1. The van der Waals surface area contributed by atoms with Crippen LogP contribution in [0.4, 0.5) is 10.5 Å². The van der Waals surface area contributed by atoms with Crippen molar-refractivity contribution < 1.29 is 9.59 Å². The Labute approximate surface area is 177 Å². The van der Waals surface area contributed by atoms with Crippen LogP contribution < -0.4 is 16.0 Å². The summed E-state index contributed by atoms with van der Waals surface area (Å²) in [7, 11) is 0. The number of carbonyl (C=O) groups is 2. The molecule has 0 bridgehead atoms. The molecule has 0 aliphatic carbocycles. The van der Waals surface area contributed by atoms with Gasteiger partial charge in [0.1, 0.15) is 0 Å². The standard InChI is InChI=1S/C21H22BrN5O2/c1-15-10-18(22)6-7-19(15)26-20(28)13-24-21(29)23-12-16-4-2-5-17(11-16)14-27-9-3-8-25-27/h2-11H,12-14H2,1H3,(H,26,28)(H2,23,24,29). The van der Waals surface area contributed by atoms with Gasteiger partial charge < -0.3 is 16.0 Å². The van der Waals surface area contributed by atoms with Crippen molar-refractivity contribution in [1.82, 2.24) is 20.4 Å². The number of halogens is 1. The monoisotopic (exact) mass is 455 g/mol. The highest BCUT2D eigenvalue weighted by Crippen LogP contribution is 2.19. The van der Waals surface area contributed by atoms with Crippen LogP contribution in [-0.2, 0) is 17.9 Å². The van der Waals surface area contributed by atoms with Crippen molar-refractivity contribution in [1.29, 1.82) is 0 Å². The van der Waals surface area contributed by atoms with Crippen molar-refractivity contribution in [3.63, 3.8) is 0 Å². The molecule has 0 saturated carbocycles. The zero-order chi connectivity index (χ0) is 20.6. The van der Waals surface area contributed by atoms with E-state index in [-0.39, 0.29) is 12.5 Å². The molecule has 1 heterocycles. The molecule has 0 atom stereocenters. The first-order valence-corrected chi connectivity index (χ1v) is 9.92. The molecule has 0 aliphatic heterocycles. The van der Waals surface area contributed by atoms with E-state index in [1.165, 1.54) is 0 Å². The highest BCUT2D eigenvalue weighted by Gasteiger charge is 2.08. The molecule has 3 N–H and O–H groups in total. The Kier molecular flexibility index (Phi) is 7.02. The third-order valence-corrected chi connectivity index (χ3v) is 4.71. The topological polar surface area (TPSA) is 88.0 Å². The number of nitrogens with one attached hydrogen (secondary N) is 3. The van der Waals surface area contributed by atoms with E-state index in [2.05, 4.69) is 37.0 Å². The summed E-state index contributed by atoms with van der Waals surface area (Å²) in [4.78, 5) is 24.1. The van der Waals surface area contributed by atoms with E-state index in [4.69, 9.17) is 0 Å². The third-order valence-electron chi connectivity index (χ3n) is 4.22. The largest absolute Gasteiger partial charge is 0.334 e. The SMILES string of the molecule is Cc1cc(Br)ccc1NC(=O)CNC(=O)NCc1cccc(Cn2cccn2)c1. The lowest BCUT2D eigenvalue weighted by Gasteiger charge is -2.11. The summed E-state index contributed by atoms with van der Waals surface area (Å²) in [6.45, 7) is 2.83. The van der Waals surface area contributed by atoms with Gasteiger partial charge in [0.2, 0.25) is 5.91 Å². The molecule has 7 nitrogen and oxygen atoms in total. The van der Waals surface area contributed by atoms with E-state index in [0.29, 0.717) is 13.1 Å². The molecule has 1 aromatic heterocycles. The molecule has 150 valence electrons. The normalized spacial score (nSPS) is 10.4. The van der Waals surface area contributed by atoms with Crippen LogP contribution in [0.2, 0.25) is 0 Å². The maximum absolute atomic E-state index is 12.1. The second-order valence-corrected chi connectivity index (χ2v) is 7.48. The van der Waals surface area contributed by atoms with Crippen LogP contribution in [0, 0.1) is 6.92 Å². The summed E-state index contributed by atoms with van der Waals surface area (Å²) in [6, 6.07) is 15.0. The Bertz CT molecular complexity index is 988. The van der Waals surface area contributed by atoms with Gasteiger partial charge in [-0.25, -0.2) is 4.79 Å². The Morgan fingerprint density at radius 2 is 1.90 bits per heavy atom. The summed E-state index contributed by atoms with van der Waals surface area (Å²) in [5, 5.41) is 12.3. The molecule has 2 aromatic carbocycles. The first kappa shape index (κ1) is 20.6. The lowest BCUT2D eigenvalue weighted by molar-refractivity contribution is -0.115. The van der Waals surface area contributed by atoms with Gasteiger partial charge in [0, 0.05) is 29.1 Å². The number of amides is 3. The van der Waals surface area contributed by atoms with Crippen LogP contribution in [0.1, 0.15) is 16.7 Å². The van der Waals surface area contributed by atoms with Crippen molar-refractivity contribution in [3.05, 3.63) is 82.1 Å². The second kappa shape index (κ2) is 9.88. The van der Waals surface area contributed by atoms with Gasteiger partial charge in [-0.05, 0) is 47.9 Å². The van der Waals surface area contributed by atoms with Crippen molar-refractivity contribution in [3.8, 4) is 0 Å². The highest BCUT2D eigenvalue weighted by atomic mass is 79.9. The Morgan fingerprint density at radius 3 is 2.66 bits per heavy atom. The molecule has 3 amide bonds. The van der Waals surface area contributed by atoms with E-state index in [0.717, 1.165) is 26.9 Å². The van der Waals surface area contributed by atoms with E-state index < -0.39 is 6.03 Å². The average Bonchev–Trinajstić information content (AvgIpc) is 3.20. The summed E-state index contributed by atoms with van der Waals surface area (Å²) in [5.74, 6) is -0.285. The van der Waals surface area contributed by atoms with Gasteiger partial charge >= 0.3 is 6.03 Å². The van der Waals surface area contributed by atoms with Crippen molar-refractivity contribution in [2.75, 3.05) is 11.9 Å². The van der Waals surface area contributed by atoms with Crippen molar-refractivity contribution in [2.45, 2.75) is 20.0 Å². The molecule has 0 radical (unpaired) electrons. The third kappa shape index (κ3) is 6.46. The number of rotatable bonds is 7. The maximum atomic E-state index is 12.1. The van der Waals surface area contributed by atoms with Crippen molar-refractivity contribution >= 4 is 33.6 Å². The van der Waals surface area contributed by atoms with Crippen molar-refractivity contribution in [2.24, 2.45) is 0 Å². The van der Waals surface area contributed by atoms with E-state index in [1.807, 2.05) is 66.3 Å². The molecular weight excluding hydrogens is 434 g/mol. The average molecular weight is 456 g/mol. The molecule has 3 aromatic rings. The minimum absolute atomic E-state index is 0.110. The minimum atomic E-state index is -0.398. The fraction of sp³-hybridized carbons (Fsp3) is 0.190. The number of benzene rings is 2. The number of hydrogen-bond acceptors (Lipinski definition) is 3. The zero-order valence-electron chi connectivity index (χ0n) is 16.0. The fourth-order valence-corrected chi connectivity index (χ4v) is 3.26. The number of aromatic nitrogens is 2. The van der Waals surface area contributed by atoms with Crippen LogP contribution in [0.25, 0.3) is 0 Å². The predicted octanol–water partition coefficient (Wildman–Crippen LogP) is 3.44. The van der Waals surface area contributed by atoms with Crippen LogP contribution in [0.15, 0.2) is 65.4 Å². The molecule has 0 spiro atoms. The first-order valence-electron chi connectivity index (χ1n) is 9.12. The van der Waals surface area contributed by atoms with Gasteiger partial charge in [0.15, 0.2) is 0 Å². The van der Waals surface area contributed by atoms with E-state index in [9.17, 15) is 9.59 Å². The molecule has 0 aliphatic rings. The number of hydrogen-bond donors (Lipinski definition) is 3. The van der Waals surface area contributed by atoms with Gasteiger partial charge in [0.05, 0.1) is 13.1 Å². The number of carbonyl (C=O) groups excluding carboxylic acids is 2. The smallest absolute Gasteiger partial charge is 0.315 e. The number of anilines is 1. The zero-order valence-corrected chi connectivity index (χ0v) is 17.6. The van der Waals surface area contributed by atoms with Crippen LogP contribution in [0.3, 0.4) is 0 Å². The summed E-state index contributed by atoms with van der Waals surface area (Å²) in [6.07, 6.45) is 3.64. The second-order valence-electron chi connectivity index (χ2n) is 6.57. The first-order chi connectivity index (χ1) is 14.0. The lowest BCUT2D eigenvalue weighted by atomic mass is 10.1. The Hall–Kier alpha value is -3.13. The van der Waals surface area contributed by atoms with Gasteiger partial charge in [0.25, 0.3) is 0 Å². The molecule has 0 saturated heterocycles. The number of aryl methyl sites for hydroxylation is 1. The van der Waals surface area contributed by atoms with E-state index >= 15 is 0 Å². The summed E-state index contributed by atoms with van der Waals surface area (Å²) < 4.78 is 2.78. The molecule has 29 heavy (non-hydrogen) atoms. The molecule has 0 fully saturated rings. The Morgan fingerprint density at radius 1 is 1.07 bits per heavy atom. The van der Waals surface area contributed by atoms with Crippen LogP contribution in [0.5, 0.6) is 0 Å². The maximum Gasteiger partial charge on any atom is 0.315 e. The minimum Gasteiger partial charge on any atom is -0.334 e. The molecule has 3 rings (SSSR count). The van der Waals surface area contributed by atoms with Gasteiger partial charge in [-0.2, -0.15) is 5.10 Å². The van der Waals surface area contributed by atoms with Crippen LogP contribution >= 0.6 is 15.9 Å². The van der Waals surface area contributed by atoms with Gasteiger partial charge in [-0.15, -0.1) is 0 Å². The summed E-state index contributed by atoms with van der Waals surface area (Å²) >= 11 is 3.39. The van der Waals surface area contributed by atoms with Gasteiger partial charge in [-0.1, -0.05) is 40.2 Å². The highest BCUT2D eigenvalue weighted by molar-refractivity contribution is 9.10. The molecular formula is C21H22BrN5O2.